The molecule has 192 valence electrons. The summed E-state index contributed by atoms with van der Waals surface area (Å²) in [6.45, 7) is 1.55. The minimum absolute atomic E-state index is 0.00192. The number of aromatic nitrogens is 1. The average Bonchev–Trinajstić information content (AvgIpc) is 2.80. The number of hydrogen-bond acceptors (Lipinski definition) is 5. The number of pyridine rings is 1. The lowest BCUT2D eigenvalue weighted by molar-refractivity contribution is -0.376. The number of alkyl halides is 6. The summed E-state index contributed by atoms with van der Waals surface area (Å²) in [7, 11) is 1.05. The monoisotopic (exact) mass is 507 g/mol. The van der Waals surface area contributed by atoms with E-state index >= 15 is 0 Å². The third kappa shape index (κ3) is 4.52. The van der Waals surface area contributed by atoms with E-state index in [4.69, 9.17) is 14.6 Å². The molecule has 0 bridgehead atoms. The summed E-state index contributed by atoms with van der Waals surface area (Å²) in [5.74, 6) is -0.254. The Hall–Kier alpha value is -2.99. The third-order valence-electron chi connectivity index (χ3n) is 5.66. The summed E-state index contributed by atoms with van der Waals surface area (Å²) in [4.78, 5) is 13.3. The molecule has 0 atom stereocenters. The van der Waals surface area contributed by atoms with Gasteiger partial charge in [-0.1, -0.05) is 13.3 Å². The maximum Gasteiger partial charge on any atom is 0.430 e. The Bertz CT molecular complexity index is 1270. The van der Waals surface area contributed by atoms with Gasteiger partial charge in [-0.15, -0.1) is 0 Å². The SMILES string of the molecule is CCCCn1c(=O)c2cc(OCCO)ccc2c2cc(C(O)(C(F)(F)F)C(F)(F)F)cc(OC)c21. The van der Waals surface area contributed by atoms with Gasteiger partial charge in [0.2, 0.25) is 0 Å². The summed E-state index contributed by atoms with van der Waals surface area (Å²) < 4.78 is 93.3. The van der Waals surface area contributed by atoms with Gasteiger partial charge in [0.15, 0.2) is 0 Å². The van der Waals surface area contributed by atoms with E-state index in [1.54, 1.807) is 0 Å². The van der Waals surface area contributed by atoms with Crippen molar-refractivity contribution in [3.05, 3.63) is 46.2 Å². The Kier molecular flexibility index (Phi) is 7.28. The van der Waals surface area contributed by atoms with Gasteiger partial charge in [0.25, 0.3) is 11.2 Å². The number of aliphatic hydroxyl groups excluding tert-OH is 1. The molecule has 0 radical (unpaired) electrons. The number of ether oxygens (including phenoxy) is 2. The Balaban J connectivity index is 2.50. The molecule has 1 heterocycles. The van der Waals surface area contributed by atoms with Gasteiger partial charge < -0.3 is 24.3 Å². The second-order valence-electron chi connectivity index (χ2n) is 7.87. The number of hydrogen-bond donors (Lipinski definition) is 2. The van der Waals surface area contributed by atoms with Crippen LogP contribution in [0, 0.1) is 0 Å². The van der Waals surface area contributed by atoms with Crippen molar-refractivity contribution in [2.24, 2.45) is 0 Å². The molecule has 12 heteroatoms. The molecular weight excluding hydrogens is 484 g/mol. The fraction of sp³-hybridized carbons (Fsp3) is 0.435. The zero-order chi connectivity index (χ0) is 26.2. The first kappa shape index (κ1) is 26.6. The first-order valence-corrected chi connectivity index (χ1v) is 10.6. The molecule has 0 aliphatic heterocycles. The Morgan fingerprint density at radius 1 is 0.971 bits per heavy atom. The number of aliphatic hydroxyl groups is 2. The first-order valence-electron chi connectivity index (χ1n) is 10.6. The molecule has 1 aromatic heterocycles. The highest BCUT2D eigenvalue weighted by atomic mass is 19.4. The van der Waals surface area contributed by atoms with Crippen molar-refractivity contribution in [3.63, 3.8) is 0 Å². The zero-order valence-electron chi connectivity index (χ0n) is 18.8. The van der Waals surface area contributed by atoms with Gasteiger partial charge in [0, 0.05) is 17.5 Å². The number of nitrogens with zero attached hydrogens (tertiary/aromatic N) is 1. The molecule has 0 spiro atoms. The number of aryl methyl sites for hydroxylation is 1. The number of fused-ring (bicyclic) bond motifs is 3. The predicted molar refractivity (Wildman–Crippen MR) is 116 cm³/mol. The van der Waals surface area contributed by atoms with Crippen LogP contribution in [0.15, 0.2) is 35.1 Å². The van der Waals surface area contributed by atoms with Crippen molar-refractivity contribution in [1.29, 1.82) is 0 Å². The van der Waals surface area contributed by atoms with Crippen molar-refractivity contribution in [1.82, 2.24) is 4.57 Å². The largest absolute Gasteiger partial charge is 0.495 e. The summed E-state index contributed by atoms with van der Waals surface area (Å²) in [5, 5.41) is 18.8. The summed E-state index contributed by atoms with van der Waals surface area (Å²) in [5.41, 5.74) is -7.23. The van der Waals surface area contributed by atoms with Crippen LogP contribution in [0.2, 0.25) is 0 Å². The fourth-order valence-electron chi connectivity index (χ4n) is 3.91. The molecule has 0 amide bonds. The Labute approximate surface area is 195 Å². The highest BCUT2D eigenvalue weighted by molar-refractivity contribution is 6.08. The summed E-state index contributed by atoms with van der Waals surface area (Å²) >= 11 is 0. The summed E-state index contributed by atoms with van der Waals surface area (Å²) in [6, 6.07) is 5.02. The van der Waals surface area contributed by atoms with Gasteiger partial charge in [-0.05, 0) is 42.1 Å². The first-order chi connectivity index (χ1) is 16.3. The molecule has 0 aliphatic rings. The van der Waals surface area contributed by atoms with Crippen LogP contribution >= 0.6 is 0 Å². The fourth-order valence-corrected chi connectivity index (χ4v) is 3.91. The number of methoxy groups -OCH3 is 1. The van der Waals surface area contributed by atoms with Crippen molar-refractivity contribution >= 4 is 21.7 Å². The van der Waals surface area contributed by atoms with Gasteiger partial charge >= 0.3 is 12.4 Å². The Morgan fingerprint density at radius 3 is 2.17 bits per heavy atom. The van der Waals surface area contributed by atoms with E-state index in [1.165, 1.54) is 22.8 Å². The van der Waals surface area contributed by atoms with E-state index in [0.717, 1.165) is 7.11 Å². The number of rotatable bonds is 8. The molecule has 0 aliphatic carbocycles. The van der Waals surface area contributed by atoms with Crippen LogP contribution in [0.5, 0.6) is 11.5 Å². The minimum Gasteiger partial charge on any atom is -0.495 e. The van der Waals surface area contributed by atoms with Crippen LogP contribution in [0.4, 0.5) is 26.3 Å². The van der Waals surface area contributed by atoms with E-state index in [-0.39, 0.29) is 47.2 Å². The summed E-state index contributed by atoms with van der Waals surface area (Å²) in [6.07, 6.45) is -11.1. The lowest BCUT2D eigenvalue weighted by Crippen LogP contribution is -2.53. The van der Waals surface area contributed by atoms with Crippen LogP contribution in [-0.4, -0.2) is 47.5 Å². The normalized spacial score (nSPS) is 13.0. The molecule has 0 saturated carbocycles. The molecule has 0 fully saturated rings. The van der Waals surface area contributed by atoms with Crippen molar-refractivity contribution in [2.75, 3.05) is 20.3 Å². The molecule has 2 N–H and O–H groups in total. The zero-order valence-corrected chi connectivity index (χ0v) is 18.8. The number of unbranched alkanes of at least 4 members (excludes halogenated alkanes) is 1. The second kappa shape index (κ2) is 9.57. The lowest BCUT2D eigenvalue weighted by atomic mass is 9.89. The molecule has 35 heavy (non-hydrogen) atoms. The van der Waals surface area contributed by atoms with Gasteiger partial charge in [0.05, 0.1) is 24.6 Å². The highest BCUT2D eigenvalue weighted by Gasteiger charge is 2.71. The van der Waals surface area contributed by atoms with E-state index in [2.05, 4.69) is 0 Å². The predicted octanol–water partition coefficient (Wildman–Crippen LogP) is 4.65. The highest BCUT2D eigenvalue weighted by Crippen LogP contribution is 2.51. The van der Waals surface area contributed by atoms with Gasteiger partial charge in [0.1, 0.15) is 18.1 Å². The van der Waals surface area contributed by atoms with Crippen molar-refractivity contribution in [3.8, 4) is 11.5 Å². The van der Waals surface area contributed by atoms with Crippen LogP contribution in [0.1, 0.15) is 25.3 Å². The molecule has 3 aromatic rings. The molecule has 3 rings (SSSR count). The number of benzene rings is 2. The molecule has 2 aromatic carbocycles. The van der Waals surface area contributed by atoms with Crippen LogP contribution in [0.3, 0.4) is 0 Å². The molecular formula is C23H23F6NO5. The van der Waals surface area contributed by atoms with Crippen LogP contribution in [-0.2, 0) is 12.1 Å². The quantitative estimate of drug-likeness (QED) is 0.343. The topological polar surface area (TPSA) is 80.9 Å². The molecule has 6 nitrogen and oxygen atoms in total. The van der Waals surface area contributed by atoms with E-state index in [1.807, 2.05) is 6.92 Å². The van der Waals surface area contributed by atoms with E-state index in [0.29, 0.717) is 25.0 Å². The second-order valence-corrected chi connectivity index (χ2v) is 7.87. The number of halogens is 6. The smallest absolute Gasteiger partial charge is 0.430 e. The maximum atomic E-state index is 13.6. The van der Waals surface area contributed by atoms with Crippen molar-refractivity contribution in [2.45, 2.75) is 44.3 Å². The van der Waals surface area contributed by atoms with E-state index < -0.39 is 34.8 Å². The van der Waals surface area contributed by atoms with E-state index in [9.17, 15) is 36.2 Å². The van der Waals surface area contributed by atoms with Crippen LogP contribution in [0.25, 0.3) is 21.7 Å². The standard InChI is InChI=1S/C23H23F6NO5/c1-3-4-7-30-19-16(15-6-5-14(35-9-8-31)12-17(15)20(30)32)10-13(11-18(19)34-2)21(33,22(24,25)26)23(27,28)29/h5-6,10-12,31,33H,3-4,7-9H2,1-2H3. The van der Waals surface area contributed by atoms with Gasteiger partial charge in [-0.25, -0.2) is 0 Å². The third-order valence-corrected chi connectivity index (χ3v) is 5.66. The Morgan fingerprint density at radius 2 is 1.63 bits per heavy atom. The maximum absolute atomic E-state index is 13.6. The average molecular weight is 507 g/mol. The van der Waals surface area contributed by atoms with Crippen molar-refractivity contribution < 1.29 is 46.0 Å². The van der Waals surface area contributed by atoms with Crippen LogP contribution < -0.4 is 15.0 Å². The lowest BCUT2D eigenvalue weighted by Gasteiger charge is -2.33. The van der Waals surface area contributed by atoms with Gasteiger partial charge in [-0.3, -0.25) is 4.79 Å². The molecule has 0 saturated heterocycles. The minimum atomic E-state index is -6.10. The van der Waals surface area contributed by atoms with Gasteiger partial charge in [-0.2, -0.15) is 26.3 Å². The molecule has 0 unspecified atom stereocenters.